The number of aldehydes is 1. The molecule has 0 saturated carbocycles. The zero-order valence-corrected chi connectivity index (χ0v) is 12.1. The molecule has 0 unspecified atom stereocenters. The van der Waals surface area contributed by atoms with Crippen molar-refractivity contribution in [2.24, 2.45) is 0 Å². The average Bonchev–Trinajstić information content (AvgIpc) is 3.10. The van der Waals surface area contributed by atoms with E-state index in [-0.39, 0.29) is 0 Å². The van der Waals surface area contributed by atoms with E-state index in [9.17, 15) is 4.79 Å². The maximum atomic E-state index is 11.1. The van der Waals surface area contributed by atoms with Crippen LogP contribution in [0.15, 0.2) is 57.7 Å². The molecule has 0 aliphatic heterocycles. The van der Waals surface area contributed by atoms with Crippen LogP contribution in [-0.2, 0) is 6.54 Å². The zero-order valence-electron chi connectivity index (χ0n) is 10.5. The van der Waals surface area contributed by atoms with Crippen molar-refractivity contribution in [1.29, 1.82) is 0 Å². The summed E-state index contributed by atoms with van der Waals surface area (Å²) in [7, 11) is 0. The number of aromatic nitrogens is 2. The highest BCUT2D eigenvalue weighted by atomic mass is 79.9. The average molecular weight is 331 g/mol. The molecule has 4 nitrogen and oxygen atoms in total. The largest absolute Gasteiger partial charge is 0.463 e. The lowest BCUT2D eigenvalue weighted by Crippen LogP contribution is -2.00. The molecule has 0 N–H and O–H groups in total. The van der Waals surface area contributed by atoms with Gasteiger partial charge in [0.1, 0.15) is 5.69 Å². The number of carbonyl (C=O) groups excluding carboxylic acids is 1. The molecule has 20 heavy (non-hydrogen) atoms. The topological polar surface area (TPSA) is 48.0 Å². The Hall–Kier alpha value is -2.14. The summed E-state index contributed by atoms with van der Waals surface area (Å²) in [6.45, 7) is 0.606. The van der Waals surface area contributed by atoms with Crippen molar-refractivity contribution in [2.75, 3.05) is 0 Å². The van der Waals surface area contributed by atoms with Gasteiger partial charge < -0.3 is 4.42 Å². The minimum Gasteiger partial charge on any atom is -0.463 e. The van der Waals surface area contributed by atoms with E-state index >= 15 is 0 Å². The fourth-order valence-electron chi connectivity index (χ4n) is 1.99. The third kappa shape index (κ3) is 2.58. The molecule has 0 bridgehead atoms. The van der Waals surface area contributed by atoms with E-state index in [1.165, 1.54) is 0 Å². The second kappa shape index (κ2) is 5.46. The fourth-order valence-corrected chi connectivity index (χ4v) is 2.25. The van der Waals surface area contributed by atoms with Crippen molar-refractivity contribution >= 4 is 22.2 Å². The third-order valence-corrected chi connectivity index (χ3v) is 3.46. The maximum absolute atomic E-state index is 11.1. The van der Waals surface area contributed by atoms with E-state index in [0.29, 0.717) is 23.6 Å². The van der Waals surface area contributed by atoms with Gasteiger partial charge in [0, 0.05) is 10.7 Å². The molecule has 1 aromatic carbocycles. The van der Waals surface area contributed by atoms with E-state index in [1.807, 2.05) is 24.3 Å². The summed E-state index contributed by atoms with van der Waals surface area (Å²) < 4.78 is 8.08. The van der Waals surface area contributed by atoms with E-state index < -0.39 is 0 Å². The predicted molar refractivity (Wildman–Crippen MR) is 78.6 cm³/mol. The Morgan fingerprint density at radius 1 is 1.25 bits per heavy atom. The fraction of sp³-hybridized carbons (Fsp3) is 0.0667. The first-order valence-electron chi connectivity index (χ1n) is 6.07. The van der Waals surface area contributed by atoms with Crippen LogP contribution in [0.5, 0.6) is 0 Å². The Kier molecular flexibility index (Phi) is 3.52. The monoisotopic (exact) mass is 330 g/mol. The lowest BCUT2D eigenvalue weighted by molar-refractivity contribution is 0.112. The first-order chi connectivity index (χ1) is 9.76. The molecule has 0 aliphatic rings. The number of hydrogen-bond acceptors (Lipinski definition) is 3. The number of nitrogens with zero attached hydrogens (tertiary/aromatic N) is 2. The van der Waals surface area contributed by atoms with Gasteiger partial charge >= 0.3 is 0 Å². The molecule has 0 saturated heterocycles. The van der Waals surface area contributed by atoms with Crippen molar-refractivity contribution in [3.8, 4) is 11.5 Å². The van der Waals surface area contributed by atoms with E-state index in [2.05, 4.69) is 21.0 Å². The van der Waals surface area contributed by atoms with Crippen LogP contribution in [0, 0.1) is 0 Å². The highest BCUT2D eigenvalue weighted by Crippen LogP contribution is 2.21. The summed E-state index contributed by atoms with van der Waals surface area (Å²) in [5, 5.41) is 4.42. The second-order valence-electron chi connectivity index (χ2n) is 4.35. The summed E-state index contributed by atoms with van der Waals surface area (Å²) in [5.41, 5.74) is 2.21. The van der Waals surface area contributed by atoms with Crippen LogP contribution in [0.1, 0.15) is 15.9 Å². The highest BCUT2D eigenvalue weighted by molar-refractivity contribution is 9.10. The van der Waals surface area contributed by atoms with Crippen LogP contribution in [-0.4, -0.2) is 16.1 Å². The molecule has 3 rings (SSSR count). The smallest absolute Gasteiger partial charge is 0.154 e. The number of hydrogen-bond donors (Lipinski definition) is 0. The highest BCUT2D eigenvalue weighted by Gasteiger charge is 2.13. The number of benzene rings is 1. The van der Waals surface area contributed by atoms with Gasteiger partial charge in [-0.3, -0.25) is 9.48 Å². The molecule has 3 aromatic rings. The number of halogens is 1. The third-order valence-electron chi connectivity index (χ3n) is 2.93. The molecule has 2 aromatic heterocycles. The maximum Gasteiger partial charge on any atom is 0.154 e. The molecule has 0 aliphatic carbocycles. The van der Waals surface area contributed by atoms with Gasteiger partial charge in [0.25, 0.3) is 0 Å². The lowest BCUT2D eigenvalue weighted by atomic mass is 10.2. The summed E-state index contributed by atoms with van der Waals surface area (Å²) in [5.74, 6) is 0.599. The van der Waals surface area contributed by atoms with Crippen LogP contribution in [0.4, 0.5) is 0 Å². The molecule has 0 fully saturated rings. The minimum atomic E-state index is 0.525. The summed E-state index contributed by atoms with van der Waals surface area (Å²) in [4.78, 5) is 11.1. The Morgan fingerprint density at radius 2 is 2.05 bits per heavy atom. The van der Waals surface area contributed by atoms with Crippen LogP contribution >= 0.6 is 15.9 Å². The quantitative estimate of drug-likeness (QED) is 0.684. The molecular formula is C15H11BrN2O2. The summed E-state index contributed by atoms with van der Waals surface area (Å²) in [6.07, 6.45) is 4.09. The predicted octanol–water partition coefficient (Wildman–Crippen LogP) is 3.77. The van der Waals surface area contributed by atoms with Crippen molar-refractivity contribution in [1.82, 2.24) is 9.78 Å². The van der Waals surface area contributed by atoms with Gasteiger partial charge in [0.05, 0.1) is 18.4 Å². The molecular weight excluding hydrogens is 320 g/mol. The van der Waals surface area contributed by atoms with Gasteiger partial charge in [0.15, 0.2) is 12.0 Å². The Morgan fingerprint density at radius 3 is 2.70 bits per heavy atom. The summed E-state index contributed by atoms with van der Waals surface area (Å²) >= 11 is 3.40. The van der Waals surface area contributed by atoms with E-state index in [4.69, 9.17) is 4.42 Å². The SMILES string of the molecule is O=Cc1cn(Cc2ccc(Br)cc2)nc1-c1ccco1. The number of rotatable bonds is 4. The Labute approximate surface area is 124 Å². The van der Waals surface area contributed by atoms with Gasteiger partial charge in [0.2, 0.25) is 0 Å². The van der Waals surface area contributed by atoms with Gasteiger partial charge in [-0.05, 0) is 29.8 Å². The zero-order chi connectivity index (χ0) is 13.9. The first-order valence-corrected chi connectivity index (χ1v) is 6.86. The van der Waals surface area contributed by atoms with Crippen LogP contribution < -0.4 is 0 Å². The van der Waals surface area contributed by atoms with Gasteiger partial charge in [-0.1, -0.05) is 28.1 Å². The molecule has 100 valence electrons. The van der Waals surface area contributed by atoms with E-state index in [1.54, 1.807) is 29.3 Å². The van der Waals surface area contributed by atoms with Crippen molar-refractivity contribution < 1.29 is 9.21 Å². The van der Waals surface area contributed by atoms with Gasteiger partial charge in [-0.2, -0.15) is 5.10 Å². The molecule has 0 spiro atoms. The Balaban J connectivity index is 1.91. The lowest BCUT2D eigenvalue weighted by Gasteiger charge is -2.01. The summed E-state index contributed by atoms with van der Waals surface area (Å²) in [6, 6.07) is 11.6. The molecule has 5 heteroatoms. The first kappa shape index (κ1) is 12.9. The van der Waals surface area contributed by atoms with Crippen molar-refractivity contribution in [3.05, 3.63) is 64.5 Å². The van der Waals surface area contributed by atoms with Crippen molar-refractivity contribution in [2.45, 2.75) is 6.54 Å². The minimum absolute atomic E-state index is 0.525. The van der Waals surface area contributed by atoms with Crippen LogP contribution in [0.2, 0.25) is 0 Å². The molecule has 2 heterocycles. The van der Waals surface area contributed by atoms with Crippen LogP contribution in [0.25, 0.3) is 11.5 Å². The van der Waals surface area contributed by atoms with Crippen molar-refractivity contribution in [3.63, 3.8) is 0 Å². The molecule has 0 radical (unpaired) electrons. The Bertz CT molecular complexity index is 715. The van der Waals surface area contributed by atoms with Crippen LogP contribution in [0.3, 0.4) is 0 Å². The molecule has 0 atom stereocenters. The molecule has 0 amide bonds. The number of carbonyl (C=O) groups is 1. The van der Waals surface area contributed by atoms with E-state index in [0.717, 1.165) is 16.3 Å². The standard InChI is InChI=1S/C15H11BrN2O2/c16-13-5-3-11(4-6-13)8-18-9-12(10-19)15(17-18)14-2-1-7-20-14/h1-7,9-10H,8H2. The number of furan rings is 1. The normalized spacial score (nSPS) is 10.7. The second-order valence-corrected chi connectivity index (χ2v) is 5.27. The van der Waals surface area contributed by atoms with Gasteiger partial charge in [-0.25, -0.2) is 0 Å². The van der Waals surface area contributed by atoms with Gasteiger partial charge in [-0.15, -0.1) is 0 Å².